The molecule has 0 aliphatic carbocycles. The molecule has 0 amide bonds. The molecule has 0 atom stereocenters. The van der Waals surface area contributed by atoms with Crippen molar-refractivity contribution in [1.29, 1.82) is 0 Å². The molecule has 3 nitrogen and oxygen atoms in total. The van der Waals surface area contributed by atoms with Gasteiger partial charge in [0.2, 0.25) is 0 Å². The van der Waals surface area contributed by atoms with Crippen LogP contribution in [0.25, 0.3) is 10.1 Å². The first-order chi connectivity index (χ1) is 8.29. The molecule has 0 saturated carbocycles. The molecular formula is C13H15NO2S. The maximum absolute atomic E-state index is 5.74. The Balaban J connectivity index is 2.20. The normalized spacial score (nSPS) is 14.9. The van der Waals surface area contributed by atoms with Crippen molar-refractivity contribution in [1.82, 2.24) is 0 Å². The second-order valence-electron chi connectivity index (χ2n) is 4.20. The van der Waals surface area contributed by atoms with Gasteiger partial charge in [0, 0.05) is 28.6 Å². The molecule has 0 saturated heterocycles. The Kier molecular flexibility index (Phi) is 2.68. The van der Waals surface area contributed by atoms with Gasteiger partial charge in [-0.05, 0) is 23.9 Å². The summed E-state index contributed by atoms with van der Waals surface area (Å²) >= 11 is 1.74. The molecule has 1 aliphatic rings. The van der Waals surface area contributed by atoms with Gasteiger partial charge in [-0.3, -0.25) is 0 Å². The Labute approximate surface area is 104 Å². The lowest BCUT2D eigenvalue weighted by molar-refractivity contribution is 0.297. The third kappa shape index (κ3) is 1.77. The minimum Gasteiger partial charge on any atom is -0.490 e. The summed E-state index contributed by atoms with van der Waals surface area (Å²) in [4.78, 5) is 1.24. The molecule has 1 aromatic carbocycles. The summed E-state index contributed by atoms with van der Waals surface area (Å²) < 4.78 is 12.6. The van der Waals surface area contributed by atoms with Gasteiger partial charge in [0.15, 0.2) is 11.5 Å². The average molecular weight is 249 g/mol. The van der Waals surface area contributed by atoms with Gasteiger partial charge >= 0.3 is 0 Å². The largest absolute Gasteiger partial charge is 0.490 e. The van der Waals surface area contributed by atoms with Crippen LogP contribution >= 0.6 is 11.3 Å². The molecule has 90 valence electrons. The number of benzene rings is 1. The minimum atomic E-state index is 0.595. The average Bonchev–Trinajstić information content (AvgIpc) is 2.53. The third-order valence-corrected chi connectivity index (χ3v) is 4.37. The second kappa shape index (κ2) is 4.20. The highest BCUT2D eigenvalue weighted by Gasteiger charge is 2.15. The minimum absolute atomic E-state index is 0.595. The zero-order chi connectivity index (χ0) is 11.8. The van der Waals surface area contributed by atoms with Crippen molar-refractivity contribution < 1.29 is 9.47 Å². The van der Waals surface area contributed by atoms with E-state index in [1.54, 1.807) is 11.3 Å². The second-order valence-corrected chi connectivity index (χ2v) is 5.34. The fourth-order valence-corrected chi connectivity index (χ4v) is 3.22. The molecular weight excluding hydrogens is 234 g/mol. The van der Waals surface area contributed by atoms with Crippen LogP contribution in [0, 0.1) is 6.92 Å². The van der Waals surface area contributed by atoms with Crippen molar-refractivity contribution in [2.75, 3.05) is 13.2 Å². The predicted octanol–water partition coefficient (Wildman–Crippen LogP) is 2.83. The van der Waals surface area contributed by atoms with Crippen molar-refractivity contribution in [2.24, 2.45) is 5.73 Å². The topological polar surface area (TPSA) is 44.5 Å². The molecule has 1 aliphatic heterocycles. The fraction of sp³-hybridized carbons (Fsp3) is 0.385. The highest BCUT2D eigenvalue weighted by molar-refractivity contribution is 7.19. The Morgan fingerprint density at radius 2 is 1.94 bits per heavy atom. The van der Waals surface area contributed by atoms with Crippen molar-refractivity contribution in [3.8, 4) is 11.5 Å². The quantitative estimate of drug-likeness (QED) is 0.845. The maximum atomic E-state index is 5.74. The van der Waals surface area contributed by atoms with Gasteiger partial charge in [-0.15, -0.1) is 11.3 Å². The fourth-order valence-electron chi connectivity index (χ4n) is 2.12. The van der Waals surface area contributed by atoms with Crippen molar-refractivity contribution >= 4 is 21.4 Å². The number of aryl methyl sites for hydroxylation is 1. The van der Waals surface area contributed by atoms with E-state index < -0.39 is 0 Å². The highest BCUT2D eigenvalue weighted by Crippen LogP contribution is 2.39. The summed E-state index contributed by atoms with van der Waals surface area (Å²) in [7, 11) is 0. The summed E-state index contributed by atoms with van der Waals surface area (Å²) in [6.45, 7) is 4.17. The van der Waals surface area contributed by atoms with E-state index in [0.29, 0.717) is 6.54 Å². The van der Waals surface area contributed by atoms with Gasteiger partial charge in [0.05, 0.1) is 13.2 Å². The van der Waals surface area contributed by atoms with Crippen LogP contribution in [0.1, 0.15) is 16.9 Å². The monoisotopic (exact) mass is 249 g/mol. The number of hydrogen-bond donors (Lipinski definition) is 1. The zero-order valence-corrected chi connectivity index (χ0v) is 10.6. The number of nitrogens with two attached hydrogens (primary N) is 1. The molecule has 0 spiro atoms. The molecule has 3 rings (SSSR count). The summed E-state index contributed by atoms with van der Waals surface area (Å²) in [5.41, 5.74) is 7.01. The lowest BCUT2D eigenvalue weighted by Gasteiger charge is -2.07. The van der Waals surface area contributed by atoms with Crippen LogP contribution in [0.5, 0.6) is 11.5 Å². The third-order valence-electron chi connectivity index (χ3n) is 3.09. The molecule has 2 N–H and O–H groups in total. The lowest BCUT2D eigenvalue weighted by atomic mass is 10.1. The maximum Gasteiger partial charge on any atom is 0.162 e. The summed E-state index contributed by atoms with van der Waals surface area (Å²) in [5, 5.41) is 1.24. The number of fused-ring (bicyclic) bond motifs is 2. The Bertz CT molecular complexity index is 562. The van der Waals surface area contributed by atoms with E-state index in [2.05, 4.69) is 19.1 Å². The molecule has 4 heteroatoms. The van der Waals surface area contributed by atoms with Gasteiger partial charge in [-0.1, -0.05) is 0 Å². The van der Waals surface area contributed by atoms with E-state index in [4.69, 9.17) is 15.2 Å². The van der Waals surface area contributed by atoms with Crippen molar-refractivity contribution in [2.45, 2.75) is 19.9 Å². The van der Waals surface area contributed by atoms with Gasteiger partial charge in [-0.25, -0.2) is 0 Å². The summed E-state index contributed by atoms with van der Waals surface area (Å²) in [6, 6.07) is 4.16. The number of rotatable bonds is 1. The van der Waals surface area contributed by atoms with E-state index in [9.17, 15) is 0 Å². The number of hydrogen-bond acceptors (Lipinski definition) is 4. The van der Waals surface area contributed by atoms with Crippen LogP contribution in [-0.4, -0.2) is 13.2 Å². The van der Waals surface area contributed by atoms with Gasteiger partial charge in [0.1, 0.15) is 0 Å². The molecule has 2 heterocycles. The van der Waals surface area contributed by atoms with E-state index in [1.165, 1.54) is 20.5 Å². The first kappa shape index (κ1) is 10.9. The van der Waals surface area contributed by atoms with Crippen LogP contribution in [0.15, 0.2) is 12.1 Å². The van der Waals surface area contributed by atoms with Crippen LogP contribution < -0.4 is 15.2 Å². The van der Waals surface area contributed by atoms with E-state index in [1.807, 2.05) is 0 Å². The standard InChI is InChI=1S/C13H15NO2S/c1-8-9-5-10-11(16-4-2-3-15-10)6-12(9)17-13(8)7-14/h5-6H,2-4,7,14H2,1H3. The summed E-state index contributed by atoms with van der Waals surface area (Å²) in [5.74, 6) is 1.72. The summed E-state index contributed by atoms with van der Waals surface area (Å²) in [6.07, 6.45) is 0.940. The van der Waals surface area contributed by atoms with Crippen LogP contribution in [-0.2, 0) is 6.54 Å². The number of ether oxygens (including phenoxy) is 2. The van der Waals surface area contributed by atoms with E-state index in [-0.39, 0.29) is 0 Å². The molecule has 1 aromatic heterocycles. The molecule has 0 unspecified atom stereocenters. The Morgan fingerprint density at radius 3 is 2.65 bits per heavy atom. The van der Waals surface area contributed by atoms with Gasteiger partial charge in [0.25, 0.3) is 0 Å². The Morgan fingerprint density at radius 1 is 1.24 bits per heavy atom. The van der Waals surface area contributed by atoms with Crippen molar-refractivity contribution in [3.63, 3.8) is 0 Å². The number of thiophene rings is 1. The first-order valence-corrected chi connectivity index (χ1v) is 6.63. The van der Waals surface area contributed by atoms with Gasteiger partial charge in [-0.2, -0.15) is 0 Å². The molecule has 17 heavy (non-hydrogen) atoms. The predicted molar refractivity (Wildman–Crippen MR) is 70.1 cm³/mol. The highest BCUT2D eigenvalue weighted by atomic mass is 32.1. The Hall–Kier alpha value is -1.26. The first-order valence-electron chi connectivity index (χ1n) is 5.81. The lowest BCUT2D eigenvalue weighted by Crippen LogP contribution is -1.97. The van der Waals surface area contributed by atoms with E-state index in [0.717, 1.165) is 31.1 Å². The molecule has 0 fully saturated rings. The zero-order valence-electron chi connectivity index (χ0n) is 9.79. The molecule has 2 aromatic rings. The van der Waals surface area contributed by atoms with Crippen LogP contribution in [0.2, 0.25) is 0 Å². The SMILES string of the molecule is Cc1c(CN)sc2cc3c(cc12)OCCCO3. The van der Waals surface area contributed by atoms with Crippen molar-refractivity contribution in [3.05, 3.63) is 22.6 Å². The van der Waals surface area contributed by atoms with Crippen LogP contribution in [0.3, 0.4) is 0 Å². The van der Waals surface area contributed by atoms with Gasteiger partial charge < -0.3 is 15.2 Å². The van der Waals surface area contributed by atoms with E-state index >= 15 is 0 Å². The molecule has 0 radical (unpaired) electrons. The molecule has 0 bridgehead atoms. The van der Waals surface area contributed by atoms with Crippen LogP contribution in [0.4, 0.5) is 0 Å². The smallest absolute Gasteiger partial charge is 0.162 e.